The molecule has 0 atom stereocenters. The number of carbonyl (C=O) groups is 6. The van der Waals surface area contributed by atoms with E-state index in [0.717, 1.165) is 38.9 Å². The van der Waals surface area contributed by atoms with Crippen molar-refractivity contribution in [2.45, 2.75) is 48.5 Å². The minimum absolute atomic E-state index is 0.0427. The van der Waals surface area contributed by atoms with Crippen molar-refractivity contribution in [3.8, 4) is 17.2 Å². The van der Waals surface area contributed by atoms with Crippen LogP contribution in [0.15, 0.2) is 206 Å². The van der Waals surface area contributed by atoms with E-state index in [1.807, 2.05) is 146 Å². The van der Waals surface area contributed by atoms with Gasteiger partial charge in [-0.2, -0.15) is 0 Å². The fourth-order valence-electron chi connectivity index (χ4n) is 7.53. The van der Waals surface area contributed by atoms with Crippen LogP contribution in [0.1, 0.15) is 118 Å². The Morgan fingerprint density at radius 1 is 0.273 bits per heavy atom. The molecule has 0 spiro atoms. The Labute approximate surface area is 453 Å². The van der Waals surface area contributed by atoms with E-state index in [1.165, 1.54) is 6.07 Å². The summed E-state index contributed by atoms with van der Waals surface area (Å²) in [6.45, 7) is 13.6. The summed E-state index contributed by atoms with van der Waals surface area (Å²) in [6.07, 6.45) is 0. The van der Waals surface area contributed by atoms with Crippen LogP contribution in [0.4, 0.5) is 0 Å². The standard InChI is InChI=1S/C23H20O3.C22H17ClO3.C22H18O3/c1-15-4-8-18(9-5-15)22(24)21-13-12-20(14-17(21)3)26-23(25)19-10-6-16(2)7-11-19;1-14-3-7-16(8-4-14)21(24)19-12-11-18(13-20(19)23)26-22(25)17-9-5-15(2)6-10-17;1-15-3-7-17(8-4-15)21(23)18-11-13-20(14-12-18)25-22(24)19-9-5-16(2)6-10-19/h4-14H,1-3H3;3-13H,1-2H3;3-14H,1-2H3. The highest BCUT2D eigenvalue weighted by Crippen LogP contribution is 2.27. The van der Waals surface area contributed by atoms with Crippen molar-refractivity contribution in [2.75, 3.05) is 0 Å². The van der Waals surface area contributed by atoms with Crippen LogP contribution >= 0.6 is 11.6 Å². The average molecular weight is 1040 g/mol. The van der Waals surface area contributed by atoms with Crippen molar-refractivity contribution in [3.05, 3.63) is 300 Å². The second-order valence-electron chi connectivity index (χ2n) is 18.5. The quantitative estimate of drug-likeness (QED) is 0.0667. The van der Waals surface area contributed by atoms with Crippen LogP contribution in [-0.4, -0.2) is 35.3 Å². The monoisotopic (exact) mass is 1040 g/mol. The van der Waals surface area contributed by atoms with E-state index in [-0.39, 0.29) is 22.4 Å². The number of carbonyl (C=O) groups excluding carboxylic acids is 6. The number of hydrogen-bond acceptors (Lipinski definition) is 9. The second kappa shape index (κ2) is 25.8. The lowest BCUT2D eigenvalue weighted by Crippen LogP contribution is -2.09. The molecule has 0 bridgehead atoms. The van der Waals surface area contributed by atoms with Gasteiger partial charge in [0.1, 0.15) is 17.2 Å². The molecular formula is C67H55ClO9. The molecule has 0 saturated heterocycles. The summed E-state index contributed by atoms with van der Waals surface area (Å²) < 4.78 is 16.1. The lowest BCUT2D eigenvalue weighted by molar-refractivity contribution is 0.0725. The van der Waals surface area contributed by atoms with Crippen LogP contribution < -0.4 is 14.2 Å². The van der Waals surface area contributed by atoms with Gasteiger partial charge in [0.25, 0.3) is 0 Å². The van der Waals surface area contributed by atoms with E-state index in [2.05, 4.69) is 0 Å². The largest absolute Gasteiger partial charge is 0.423 e. The summed E-state index contributed by atoms with van der Waals surface area (Å²) >= 11 is 6.24. The third-order valence-corrected chi connectivity index (χ3v) is 12.5. The Kier molecular flexibility index (Phi) is 18.5. The smallest absolute Gasteiger partial charge is 0.343 e. The number of rotatable bonds is 12. The number of benzene rings is 9. The Bertz CT molecular complexity index is 3400. The van der Waals surface area contributed by atoms with Crippen molar-refractivity contribution >= 4 is 46.9 Å². The number of hydrogen-bond donors (Lipinski definition) is 0. The van der Waals surface area contributed by atoms with Crippen LogP contribution in [-0.2, 0) is 0 Å². The molecule has 0 unspecified atom stereocenters. The first-order chi connectivity index (χ1) is 36.9. The number of halogens is 1. The van der Waals surface area contributed by atoms with Gasteiger partial charge in [-0.3, -0.25) is 14.4 Å². The molecular weight excluding hydrogens is 984 g/mol. The van der Waals surface area contributed by atoms with Crippen LogP contribution in [0.25, 0.3) is 0 Å². The maximum atomic E-state index is 12.7. The lowest BCUT2D eigenvalue weighted by atomic mass is 9.98. The van der Waals surface area contributed by atoms with Gasteiger partial charge in [-0.25, -0.2) is 14.4 Å². The van der Waals surface area contributed by atoms with Gasteiger partial charge in [0.05, 0.1) is 21.7 Å². The van der Waals surface area contributed by atoms with Gasteiger partial charge < -0.3 is 14.2 Å². The molecule has 0 aliphatic carbocycles. The van der Waals surface area contributed by atoms with Gasteiger partial charge >= 0.3 is 17.9 Å². The van der Waals surface area contributed by atoms with Crippen molar-refractivity contribution in [1.29, 1.82) is 0 Å². The minimum Gasteiger partial charge on any atom is -0.423 e. The molecule has 9 nitrogen and oxygen atoms in total. The molecule has 384 valence electrons. The third kappa shape index (κ3) is 15.4. The number of aryl methyl sites for hydroxylation is 7. The maximum absolute atomic E-state index is 12.7. The zero-order valence-corrected chi connectivity index (χ0v) is 44.4. The van der Waals surface area contributed by atoms with Gasteiger partial charge in [-0.15, -0.1) is 0 Å². The fraction of sp³-hybridized carbons (Fsp3) is 0.104. The SMILES string of the molecule is Cc1ccc(C(=O)Oc2ccc(C(=O)c3ccc(C)cc3)c(C)c2)cc1.Cc1ccc(C(=O)Oc2ccc(C(=O)c3ccc(C)cc3)c(Cl)c2)cc1.Cc1ccc(C(=O)Oc2ccc(C(=O)c3ccc(C)cc3)cc2)cc1. The summed E-state index contributed by atoms with van der Waals surface area (Å²) in [4.78, 5) is 74.2. The van der Waals surface area contributed by atoms with E-state index in [1.54, 1.807) is 103 Å². The maximum Gasteiger partial charge on any atom is 0.343 e. The fourth-order valence-corrected chi connectivity index (χ4v) is 7.79. The summed E-state index contributed by atoms with van der Waals surface area (Å²) in [7, 11) is 0. The molecule has 9 rings (SSSR count). The molecule has 0 amide bonds. The van der Waals surface area contributed by atoms with Gasteiger partial charge in [0.2, 0.25) is 0 Å². The molecule has 0 aromatic heterocycles. The molecule has 0 radical (unpaired) electrons. The Hall–Kier alpha value is -9.31. The minimum atomic E-state index is -0.473. The zero-order valence-electron chi connectivity index (χ0n) is 43.7. The number of esters is 3. The Balaban J connectivity index is 0.000000168. The first kappa shape index (κ1) is 55.4. The van der Waals surface area contributed by atoms with Crippen molar-refractivity contribution in [2.24, 2.45) is 0 Å². The molecule has 0 aliphatic heterocycles. The lowest BCUT2D eigenvalue weighted by Gasteiger charge is -2.09. The molecule has 0 saturated carbocycles. The zero-order chi connectivity index (χ0) is 55.2. The summed E-state index contributed by atoms with van der Waals surface area (Å²) in [5, 5.41) is 0.241. The van der Waals surface area contributed by atoms with Crippen LogP contribution in [0.2, 0.25) is 5.02 Å². The van der Waals surface area contributed by atoms with E-state index in [9.17, 15) is 28.8 Å². The van der Waals surface area contributed by atoms with Crippen molar-refractivity contribution < 1.29 is 43.0 Å². The van der Waals surface area contributed by atoms with Crippen LogP contribution in [0, 0.1) is 48.5 Å². The topological polar surface area (TPSA) is 130 Å². The molecule has 0 heterocycles. The van der Waals surface area contributed by atoms with Gasteiger partial charge in [0.15, 0.2) is 17.3 Å². The van der Waals surface area contributed by atoms with E-state index < -0.39 is 17.9 Å². The molecule has 9 aromatic carbocycles. The Morgan fingerprint density at radius 2 is 0.519 bits per heavy atom. The highest BCUT2D eigenvalue weighted by molar-refractivity contribution is 6.35. The predicted octanol–water partition coefficient (Wildman–Crippen LogP) is 15.2. The van der Waals surface area contributed by atoms with E-state index >= 15 is 0 Å². The van der Waals surface area contributed by atoms with Crippen LogP contribution in [0.5, 0.6) is 17.2 Å². The summed E-state index contributed by atoms with van der Waals surface area (Å²) in [6, 6.07) is 59.9. The molecule has 10 heteroatoms. The van der Waals surface area contributed by atoms with Gasteiger partial charge in [-0.1, -0.05) is 154 Å². The average Bonchev–Trinajstić information content (AvgIpc) is 3.42. The molecule has 77 heavy (non-hydrogen) atoms. The first-order valence-electron chi connectivity index (χ1n) is 24.6. The number of ether oxygens (including phenoxy) is 3. The van der Waals surface area contributed by atoms with Crippen LogP contribution in [0.3, 0.4) is 0 Å². The summed E-state index contributed by atoms with van der Waals surface area (Å²) in [5.74, 6) is -0.458. The third-order valence-electron chi connectivity index (χ3n) is 12.2. The van der Waals surface area contributed by atoms with E-state index in [0.29, 0.717) is 67.3 Å². The van der Waals surface area contributed by atoms with Crippen molar-refractivity contribution in [3.63, 3.8) is 0 Å². The first-order valence-corrected chi connectivity index (χ1v) is 25.0. The summed E-state index contributed by atoms with van der Waals surface area (Å²) in [5.41, 5.74) is 12.1. The second-order valence-corrected chi connectivity index (χ2v) is 18.9. The predicted molar refractivity (Wildman–Crippen MR) is 301 cm³/mol. The van der Waals surface area contributed by atoms with Crippen molar-refractivity contribution in [1.82, 2.24) is 0 Å². The highest BCUT2D eigenvalue weighted by Gasteiger charge is 2.18. The number of ketones is 3. The molecule has 0 aliphatic rings. The van der Waals surface area contributed by atoms with E-state index in [4.69, 9.17) is 25.8 Å². The highest BCUT2D eigenvalue weighted by atomic mass is 35.5. The van der Waals surface area contributed by atoms with Gasteiger partial charge in [0, 0.05) is 39.4 Å². The molecule has 0 fully saturated rings. The molecule has 0 N–H and O–H groups in total. The Morgan fingerprint density at radius 3 is 0.844 bits per heavy atom. The normalized spacial score (nSPS) is 10.4. The molecule has 9 aromatic rings. The van der Waals surface area contributed by atoms with Gasteiger partial charge in [-0.05, 0) is 145 Å².